The number of aromatic nitrogens is 5. The minimum absolute atomic E-state index is 0.0356. The molecule has 3 aromatic heterocycles. The van der Waals surface area contributed by atoms with Crippen molar-refractivity contribution in [2.24, 2.45) is 0 Å². The number of hydrogen-bond donors (Lipinski definition) is 2. The standard InChI is InChI=1S/C23H21ClF6N8O3/c1-12(34-15-10-33-35-19(40)17(15)23(28,29)30)11-38-16(39)3-2-14(18(38)24)20(41)36-4-6-37(7-5-36)21-31-8-13(9-32-21)22(25,26)27/h2-3,8-10,12H,4-7,11H2,1H3,(H2,34,35,40)/t12-/m0/s1. The lowest BCUT2D eigenvalue weighted by molar-refractivity contribution is -0.139. The lowest BCUT2D eigenvalue weighted by atomic mass is 10.2. The third-order valence-corrected chi connectivity index (χ3v) is 6.57. The smallest absolute Gasteiger partial charge is 0.379 e. The van der Waals surface area contributed by atoms with Gasteiger partial charge in [-0.1, -0.05) is 11.6 Å². The summed E-state index contributed by atoms with van der Waals surface area (Å²) < 4.78 is 79.4. The largest absolute Gasteiger partial charge is 0.423 e. The van der Waals surface area contributed by atoms with Gasteiger partial charge in [0.15, 0.2) is 0 Å². The summed E-state index contributed by atoms with van der Waals surface area (Å²) >= 11 is 6.40. The highest BCUT2D eigenvalue weighted by Crippen LogP contribution is 2.32. The van der Waals surface area contributed by atoms with Crippen molar-refractivity contribution in [1.29, 1.82) is 0 Å². The molecule has 1 atom stereocenters. The zero-order chi connectivity index (χ0) is 30.1. The highest BCUT2D eigenvalue weighted by Gasteiger charge is 2.38. The van der Waals surface area contributed by atoms with Crippen LogP contribution >= 0.6 is 11.6 Å². The zero-order valence-corrected chi connectivity index (χ0v) is 21.8. The lowest BCUT2D eigenvalue weighted by Gasteiger charge is -2.35. The molecule has 0 aromatic carbocycles. The normalized spacial score (nSPS) is 15.1. The molecule has 220 valence electrons. The molecule has 1 amide bonds. The van der Waals surface area contributed by atoms with E-state index < -0.39 is 52.2 Å². The van der Waals surface area contributed by atoms with Crippen molar-refractivity contribution >= 4 is 29.1 Å². The maximum atomic E-state index is 13.4. The minimum Gasteiger partial charge on any atom is -0.379 e. The molecule has 1 saturated heterocycles. The summed E-state index contributed by atoms with van der Waals surface area (Å²) in [5.74, 6) is -0.460. The number of nitrogens with one attached hydrogen (secondary N) is 2. The Labute approximate surface area is 231 Å². The molecule has 4 rings (SSSR count). The maximum Gasteiger partial charge on any atom is 0.423 e. The predicted molar refractivity (Wildman–Crippen MR) is 134 cm³/mol. The number of anilines is 2. The Morgan fingerprint density at radius 3 is 2.24 bits per heavy atom. The molecule has 0 radical (unpaired) electrons. The molecule has 0 spiro atoms. The lowest BCUT2D eigenvalue weighted by Crippen LogP contribution is -2.49. The van der Waals surface area contributed by atoms with Crippen LogP contribution in [0, 0.1) is 0 Å². The number of rotatable bonds is 6. The van der Waals surface area contributed by atoms with E-state index in [1.165, 1.54) is 17.9 Å². The second-order valence-corrected chi connectivity index (χ2v) is 9.42. The molecule has 0 aliphatic carbocycles. The fraction of sp³-hybridized carbons (Fsp3) is 0.391. The quantitative estimate of drug-likeness (QED) is 0.324. The van der Waals surface area contributed by atoms with Gasteiger partial charge in [0, 0.05) is 57.2 Å². The average Bonchev–Trinajstić information content (AvgIpc) is 2.90. The zero-order valence-electron chi connectivity index (χ0n) is 21.1. The predicted octanol–water partition coefficient (Wildman–Crippen LogP) is 2.88. The molecular weight excluding hydrogens is 586 g/mol. The monoisotopic (exact) mass is 606 g/mol. The van der Waals surface area contributed by atoms with Gasteiger partial charge in [-0.15, -0.1) is 0 Å². The van der Waals surface area contributed by atoms with Gasteiger partial charge in [0.25, 0.3) is 17.0 Å². The molecule has 2 N–H and O–H groups in total. The topological polar surface area (TPSA) is 129 Å². The molecule has 4 heterocycles. The number of nitrogens with zero attached hydrogens (tertiary/aromatic N) is 6. The van der Waals surface area contributed by atoms with Crippen LogP contribution in [0.2, 0.25) is 5.15 Å². The Hall–Kier alpha value is -4.15. The van der Waals surface area contributed by atoms with Crippen LogP contribution in [0.1, 0.15) is 28.4 Å². The Morgan fingerprint density at radius 1 is 1.02 bits per heavy atom. The van der Waals surface area contributed by atoms with Crippen molar-refractivity contribution in [3.05, 3.63) is 73.3 Å². The Bertz CT molecular complexity index is 1530. The van der Waals surface area contributed by atoms with Crippen LogP contribution < -0.4 is 21.3 Å². The van der Waals surface area contributed by atoms with Gasteiger partial charge in [0.1, 0.15) is 10.7 Å². The number of carbonyl (C=O) groups is 1. The fourth-order valence-corrected chi connectivity index (χ4v) is 4.47. The molecule has 1 fully saturated rings. The molecule has 11 nitrogen and oxygen atoms in total. The molecule has 3 aromatic rings. The summed E-state index contributed by atoms with van der Waals surface area (Å²) in [6.45, 7) is 1.89. The van der Waals surface area contributed by atoms with Crippen molar-refractivity contribution in [3.63, 3.8) is 0 Å². The Balaban J connectivity index is 1.45. The van der Waals surface area contributed by atoms with Gasteiger partial charge in [0.05, 0.1) is 23.0 Å². The number of pyridine rings is 1. The van der Waals surface area contributed by atoms with Gasteiger partial charge in [-0.05, 0) is 13.0 Å². The molecule has 1 aliphatic rings. The van der Waals surface area contributed by atoms with Gasteiger partial charge in [-0.3, -0.25) is 19.0 Å². The average molecular weight is 607 g/mol. The molecule has 18 heteroatoms. The highest BCUT2D eigenvalue weighted by molar-refractivity contribution is 6.32. The molecular formula is C23H21ClF6N8O3. The van der Waals surface area contributed by atoms with Crippen molar-refractivity contribution in [3.8, 4) is 0 Å². The Morgan fingerprint density at radius 2 is 1.66 bits per heavy atom. The van der Waals surface area contributed by atoms with Crippen molar-refractivity contribution in [2.75, 3.05) is 36.4 Å². The van der Waals surface area contributed by atoms with Crippen LogP contribution in [0.25, 0.3) is 0 Å². The van der Waals surface area contributed by atoms with E-state index in [0.717, 1.165) is 16.8 Å². The molecule has 41 heavy (non-hydrogen) atoms. The van der Waals surface area contributed by atoms with E-state index in [0.29, 0.717) is 12.4 Å². The molecule has 0 unspecified atom stereocenters. The number of H-pyrrole nitrogens is 1. The number of carbonyl (C=O) groups excluding carboxylic acids is 1. The van der Waals surface area contributed by atoms with Gasteiger partial charge in [-0.25, -0.2) is 15.1 Å². The van der Waals surface area contributed by atoms with Crippen LogP contribution in [0.5, 0.6) is 0 Å². The number of amides is 1. The fourth-order valence-electron chi connectivity index (χ4n) is 4.17. The molecule has 0 bridgehead atoms. The summed E-state index contributed by atoms with van der Waals surface area (Å²) in [4.78, 5) is 48.0. The summed E-state index contributed by atoms with van der Waals surface area (Å²) in [6.07, 6.45) is -7.40. The third-order valence-electron chi connectivity index (χ3n) is 6.16. The highest BCUT2D eigenvalue weighted by atomic mass is 35.5. The minimum atomic E-state index is -4.97. The summed E-state index contributed by atoms with van der Waals surface area (Å²) in [5, 5.41) is 7.37. The van der Waals surface area contributed by atoms with Crippen LogP contribution in [0.4, 0.5) is 38.0 Å². The van der Waals surface area contributed by atoms with E-state index in [9.17, 15) is 40.7 Å². The molecule has 0 saturated carbocycles. The van der Waals surface area contributed by atoms with Crippen LogP contribution in [0.3, 0.4) is 0 Å². The summed E-state index contributed by atoms with van der Waals surface area (Å²) in [6, 6.07) is 1.45. The first-order chi connectivity index (χ1) is 19.2. The first-order valence-corrected chi connectivity index (χ1v) is 12.3. The van der Waals surface area contributed by atoms with Gasteiger partial charge < -0.3 is 15.1 Å². The maximum absolute atomic E-state index is 13.4. The van der Waals surface area contributed by atoms with Gasteiger partial charge >= 0.3 is 12.4 Å². The second kappa shape index (κ2) is 11.4. The summed E-state index contributed by atoms with van der Waals surface area (Å²) in [5.41, 5.74) is -5.17. The van der Waals surface area contributed by atoms with Crippen LogP contribution in [-0.2, 0) is 18.9 Å². The number of alkyl halides is 6. The van der Waals surface area contributed by atoms with Crippen molar-refractivity contribution in [2.45, 2.75) is 31.9 Å². The Kier molecular flexibility index (Phi) is 8.28. The third kappa shape index (κ3) is 6.61. The second-order valence-electron chi connectivity index (χ2n) is 9.07. The number of halogens is 7. The van der Waals surface area contributed by atoms with Gasteiger partial charge in [0.2, 0.25) is 5.95 Å². The van der Waals surface area contributed by atoms with Gasteiger partial charge in [-0.2, -0.15) is 31.4 Å². The van der Waals surface area contributed by atoms with E-state index in [2.05, 4.69) is 20.4 Å². The summed E-state index contributed by atoms with van der Waals surface area (Å²) in [7, 11) is 0. The van der Waals surface area contributed by atoms with E-state index >= 15 is 0 Å². The molecule has 1 aliphatic heterocycles. The van der Waals surface area contributed by atoms with E-state index in [-0.39, 0.29) is 49.4 Å². The van der Waals surface area contributed by atoms with E-state index in [1.807, 2.05) is 0 Å². The number of hydrogen-bond acceptors (Lipinski definition) is 8. The van der Waals surface area contributed by atoms with Crippen molar-refractivity contribution < 1.29 is 31.1 Å². The number of aromatic amines is 1. The SMILES string of the molecule is C[C@@H](Cn1c(Cl)c(C(=O)N2CCN(c3ncc(C(F)(F)F)cn3)CC2)ccc1=O)Nc1cn[nH]c(=O)c1C(F)(F)F. The van der Waals surface area contributed by atoms with E-state index in [4.69, 9.17) is 11.6 Å². The van der Waals surface area contributed by atoms with E-state index in [1.54, 1.807) is 10.00 Å². The first-order valence-electron chi connectivity index (χ1n) is 11.9. The van der Waals surface area contributed by atoms with Crippen LogP contribution in [0.15, 0.2) is 40.3 Å². The first kappa shape index (κ1) is 29.8. The van der Waals surface area contributed by atoms with Crippen molar-refractivity contribution in [1.82, 2.24) is 29.6 Å². The van der Waals surface area contributed by atoms with Crippen LogP contribution in [-0.4, -0.2) is 67.8 Å². The number of piperazine rings is 1.